The Bertz CT molecular complexity index is 1090. The number of halogens is 3. The molecule has 1 saturated heterocycles. The fraction of sp³-hybridized carbons (Fsp3) is 0.235. The van der Waals surface area contributed by atoms with Crippen molar-refractivity contribution in [3.05, 3.63) is 48.2 Å². The first-order chi connectivity index (χ1) is 13.3. The summed E-state index contributed by atoms with van der Waals surface area (Å²) in [5, 5.41) is 2.54. The number of imide groups is 1. The van der Waals surface area contributed by atoms with E-state index in [4.69, 9.17) is 5.73 Å². The van der Waals surface area contributed by atoms with Crippen LogP contribution in [0, 0.1) is 0 Å². The number of nitrogens with two attached hydrogens (primary N) is 1. The summed E-state index contributed by atoms with van der Waals surface area (Å²) in [6, 6.07) is 5.70. The lowest BCUT2D eigenvalue weighted by Gasteiger charge is -2.22. The van der Waals surface area contributed by atoms with Gasteiger partial charge in [0.2, 0.25) is 0 Å². The van der Waals surface area contributed by atoms with E-state index in [1.165, 1.54) is 13.1 Å². The number of alkyl halides is 3. The highest BCUT2D eigenvalue weighted by atomic mass is 32.2. The maximum atomic E-state index is 12.9. The highest BCUT2D eigenvalue weighted by molar-refractivity contribution is 7.92. The summed E-state index contributed by atoms with van der Waals surface area (Å²) in [5.74, 6) is -0.412. The van der Waals surface area contributed by atoms with Gasteiger partial charge in [-0.05, 0) is 48.9 Å². The first-order valence-electron chi connectivity index (χ1n) is 8.14. The Labute approximate surface area is 163 Å². The number of pyridine rings is 1. The maximum absolute atomic E-state index is 12.9. The molecule has 1 atom stereocenters. The Morgan fingerprint density at radius 2 is 1.79 bits per heavy atom. The molecule has 0 spiro atoms. The van der Waals surface area contributed by atoms with E-state index < -0.39 is 37.7 Å². The second-order valence-electron chi connectivity index (χ2n) is 6.61. The third kappa shape index (κ3) is 3.62. The van der Waals surface area contributed by atoms with Crippen LogP contribution in [0.25, 0.3) is 0 Å². The fourth-order valence-corrected chi connectivity index (χ4v) is 3.72. The van der Waals surface area contributed by atoms with Crippen LogP contribution >= 0.6 is 0 Å². The van der Waals surface area contributed by atoms with Crippen LogP contribution in [0.4, 0.5) is 29.5 Å². The van der Waals surface area contributed by atoms with Crippen LogP contribution in [0.15, 0.2) is 47.5 Å². The number of nitrogen functional groups attached to an aromatic ring is 1. The van der Waals surface area contributed by atoms with Crippen LogP contribution in [0.5, 0.6) is 0 Å². The molecule has 0 radical (unpaired) electrons. The summed E-state index contributed by atoms with van der Waals surface area (Å²) >= 11 is 0. The number of anilines is 2. The second-order valence-corrected chi connectivity index (χ2v) is 8.55. The molecule has 0 bridgehead atoms. The standard InChI is InChI=1S/C17H15F3N4O4S/c1-16(9-10-6-7-22-13(21)8-10)14(25)24(15(26)23-16)11-2-4-12(5-3-11)29(27,28)17(18,19)20/h2-8H,9H2,1H3,(H2,21,22)(H,23,26). The maximum Gasteiger partial charge on any atom is 0.501 e. The number of carbonyl (C=O) groups excluding carboxylic acids is 2. The van der Waals surface area contributed by atoms with Gasteiger partial charge in [0, 0.05) is 12.6 Å². The lowest BCUT2D eigenvalue weighted by Crippen LogP contribution is -2.46. The van der Waals surface area contributed by atoms with E-state index in [2.05, 4.69) is 10.3 Å². The molecule has 2 heterocycles. The summed E-state index contributed by atoms with van der Waals surface area (Å²) in [6.07, 6.45) is 1.55. The number of sulfone groups is 1. The monoisotopic (exact) mass is 428 g/mol. The first kappa shape index (κ1) is 20.6. The molecule has 8 nitrogen and oxygen atoms in total. The summed E-state index contributed by atoms with van der Waals surface area (Å²) < 4.78 is 60.9. The zero-order chi connectivity index (χ0) is 21.6. The Kier molecular flexibility index (Phi) is 4.77. The van der Waals surface area contributed by atoms with E-state index in [1.807, 2.05) is 0 Å². The third-order valence-electron chi connectivity index (χ3n) is 4.37. The van der Waals surface area contributed by atoms with Crippen LogP contribution in [0.3, 0.4) is 0 Å². The molecule has 1 fully saturated rings. The van der Waals surface area contributed by atoms with Gasteiger partial charge in [-0.2, -0.15) is 13.2 Å². The van der Waals surface area contributed by atoms with Gasteiger partial charge in [-0.3, -0.25) is 4.79 Å². The van der Waals surface area contributed by atoms with Crippen LogP contribution in [-0.4, -0.2) is 36.4 Å². The number of aromatic nitrogens is 1. The molecule has 0 aliphatic carbocycles. The largest absolute Gasteiger partial charge is 0.501 e. The predicted molar refractivity (Wildman–Crippen MR) is 96.5 cm³/mol. The lowest BCUT2D eigenvalue weighted by molar-refractivity contribution is -0.121. The molecule has 154 valence electrons. The van der Waals surface area contributed by atoms with E-state index in [0.717, 1.165) is 17.0 Å². The number of urea groups is 1. The number of nitrogens with zero attached hydrogens (tertiary/aromatic N) is 2. The van der Waals surface area contributed by atoms with E-state index in [9.17, 15) is 31.2 Å². The van der Waals surface area contributed by atoms with Gasteiger partial charge in [-0.25, -0.2) is 23.1 Å². The van der Waals surface area contributed by atoms with E-state index in [1.54, 1.807) is 12.1 Å². The minimum Gasteiger partial charge on any atom is -0.384 e. The van der Waals surface area contributed by atoms with Crippen molar-refractivity contribution in [1.82, 2.24) is 10.3 Å². The molecule has 3 rings (SSSR count). The number of amides is 3. The molecule has 29 heavy (non-hydrogen) atoms. The third-order valence-corrected chi connectivity index (χ3v) is 5.88. The molecular weight excluding hydrogens is 413 g/mol. The normalized spacial score (nSPS) is 20.1. The van der Waals surface area contributed by atoms with Gasteiger partial charge in [0.1, 0.15) is 11.4 Å². The second kappa shape index (κ2) is 6.72. The Balaban J connectivity index is 1.88. The lowest BCUT2D eigenvalue weighted by atomic mass is 9.93. The first-order valence-corrected chi connectivity index (χ1v) is 9.62. The minimum atomic E-state index is -5.53. The number of carbonyl (C=O) groups is 2. The number of hydrogen-bond donors (Lipinski definition) is 2. The Morgan fingerprint density at radius 3 is 2.34 bits per heavy atom. The molecule has 1 aliphatic heterocycles. The molecular formula is C17H15F3N4O4S. The zero-order valence-corrected chi connectivity index (χ0v) is 15.7. The molecule has 3 N–H and O–H groups in total. The Morgan fingerprint density at radius 1 is 1.17 bits per heavy atom. The average Bonchev–Trinajstić information content (AvgIpc) is 2.82. The fourth-order valence-electron chi connectivity index (χ4n) is 2.96. The van der Waals surface area contributed by atoms with Gasteiger partial charge in [-0.1, -0.05) is 0 Å². The smallest absolute Gasteiger partial charge is 0.384 e. The molecule has 3 amide bonds. The molecule has 1 aromatic carbocycles. The van der Waals surface area contributed by atoms with Crippen molar-refractivity contribution in [2.45, 2.75) is 29.3 Å². The van der Waals surface area contributed by atoms with Crippen molar-refractivity contribution >= 4 is 33.3 Å². The predicted octanol–water partition coefficient (Wildman–Crippen LogP) is 2.01. The van der Waals surface area contributed by atoms with Crippen LogP contribution in [0.2, 0.25) is 0 Å². The quantitative estimate of drug-likeness (QED) is 0.719. The number of hydrogen-bond acceptors (Lipinski definition) is 6. The van der Waals surface area contributed by atoms with Crippen LogP contribution < -0.4 is 16.0 Å². The number of benzene rings is 1. The SMILES string of the molecule is CC1(Cc2ccnc(N)c2)NC(=O)N(c2ccc(S(=O)(=O)C(F)(F)F)cc2)C1=O. The van der Waals surface area contributed by atoms with Crippen LogP contribution in [0.1, 0.15) is 12.5 Å². The van der Waals surface area contributed by atoms with Crippen molar-refractivity contribution in [3.63, 3.8) is 0 Å². The van der Waals surface area contributed by atoms with Gasteiger partial charge in [-0.15, -0.1) is 0 Å². The average molecular weight is 428 g/mol. The molecule has 12 heteroatoms. The molecule has 2 aromatic rings. The highest BCUT2D eigenvalue weighted by Gasteiger charge is 2.49. The van der Waals surface area contributed by atoms with E-state index in [0.29, 0.717) is 17.7 Å². The summed E-state index contributed by atoms with van der Waals surface area (Å²) in [5.41, 5.74) is -0.599. The topological polar surface area (TPSA) is 122 Å². The minimum absolute atomic E-state index is 0.0633. The molecule has 1 unspecified atom stereocenters. The van der Waals surface area contributed by atoms with Crippen molar-refractivity contribution in [3.8, 4) is 0 Å². The van der Waals surface area contributed by atoms with Gasteiger partial charge in [0.25, 0.3) is 15.7 Å². The number of rotatable bonds is 4. The number of nitrogens with one attached hydrogen (secondary N) is 1. The van der Waals surface area contributed by atoms with E-state index >= 15 is 0 Å². The van der Waals surface area contributed by atoms with Gasteiger partial charge in [0.05, 0.1) is 10.6 Å². The van der Waals surface area contributed by atoms with Crippen molar-refractivity contribution in [2.75, 3.05) is 10.6 Å². The molecule has 1 aliphatic rings. The van der Waals surface area contributed by atoms with Crippen molar-refractivity contribution in [2.24, 2.45) is 0 Å². The molecule has 0 saturated carbocycles. The summed E-state index contributed by atoms with van der Waals surface area (Å²) in [7, 11) is -5.53. The summed E-state index contributed by atoms with van der Waals surface area (Å²) in [4.78, 5) is 28.8. The summed E-state index contributed by atoms with van der Waals surface area (Å²) in [6.45, 7) is 1.49. The molecule has 1 aromatic heterocycles. The van der Waals surface area contributed by atoms with Gasteiger partial charge < -0.3 is 11.1 Å². The van der Waals surface area contributed by atoms with Crippen molar-refractivity contribution in [1.29, 1.82) is 0 Å². The zero-order valence-electron chi connectivity index (χ0n) is 14.9. The van der Waals surface area contributed by atoms with Gasteiger partial charge >= 0.3 is 11.5 Å². The van der Waals surface area contributed by atoms with E-state index in [-0.39, 0.29) is 17.9 Å². The Hall–Kier alpha value is -3.15. The van der Waals surface area contributed by atoms with Crippen LogP contribution in [-0.2, 0) is 21.1 Å². The van der Waals surface area contributed by atoms with Crippen molar-refractivity contribution < 1.29 is 31.2 Å². The van der Waals surface area contributed by atoms with Gasteiger partial charge in [0.15, 0.2) is 0 Å². The highest BCUT2D eigenvalue weighted by Crippen LogP contribution is 2.33.